The van der Waals surface area contributed by atoms with Crippen molar-refractivity contribution in [3.63, 3.8) is 0 Å². The van der Waals surface area contributed by atoms with Crippen molar-refractivity contribution < 1.29 is 9.18 Å². The summed E-state index contributed by atoms with van der Waals surface area (Å²) in [6.07, 6.45) is 5.28. The minimum atomic E-state index is -0.274. The van der Waals surface area contributed by atoms with E-state index in [9.17, 15) is 9.18 Å². The number of rotatable bonds is 7. The molecule has 4 nitrogen and oxygen atoms in total. The average Bonchev–Trinajstić information content (AvgIpc) is 3.31. The molecule has 4 rings (SSSR count). The van der Waals surface area contributed by atoms with Crippen molar-refractivity contribution in [1.82, 2.24) is 9.78 Å². The summed E-state index contributed by atoms with van der Waals surface area (Å²) in [4.78, 5) is 13.6. The van der Waals surface area contributed by atoms with E-state index < -0.39 is 0 Å². The normalized spacial score (nSPS) is 10.8. The van der Waals surface area contributed by atoms with Crippen LogP contribution in [0.2, 0.25) is 0 Å². The van der Waals surface area contributed by atoms with E-state index in [1.807, 2.05) is 59.2 Å². The summed E-state index contributed by atoms with van der Waals surface area (Å²) < 4.78 is 15.9. The van der Waals surface area contributed by atoms with Crippen LogP contribution in [0.25, 0.3) is 5.69 Å². The molecule has 0 amide bonds. The number of hydrogen-bond donors (Lipinski definition) is 0. The van der Waals surface area contributed by atoms with E-state index in [-0.39, 0.29) is 5.82 Å². The fraction of sp³-hybridized carbons (Fsp3) is 0.154. The van der Waals surface area contributed by atoms with E-state index in [4.69, 9.17) is 0 Å². The van der Waals surface area contributed by atoms with Gasteiger partial charge in [0.2, 0.25) is 0 Å². The van der Waals surface area contributed by atoms with Crippen LogP contribution in [-0.4, -0.2) is 23.1 Å². The van der Waals surface area contributed by atoms with Gasteiger partial charge in [0.1, 0.15) is 12.1 Å². The lowest BCUT2D eigenvalue weighted by atomic mass is 9.94. The molecule has 0 N–H and O–H groups in total. The molecule has 0 aliphatic rings. The smallest absolute Gasteiger partial charge is 0.150 e. The van der Waals surface area contributed by atoms with Crippen LogP contribution in [0.5, 0.6) is 0 Å². The summed E-state index contributed by atoms with van der Waals surface area (Å²) in [7, 11) is 1.83. The number of benzene rings is 3. The number of aryl methyl sites for hydroxylation is 1. The van der Waals surface area contributed by atoms with Gasteiger partial charge in [0.25, 0.3) is 0 Å². The Balaban J connectivity index is 1.55. The van der Waals surface area contributed by atoms with Crippen LogP contribution in [-0.2, 0) is 13.0 Å². The summed E-state index contributed by atoms with van der Waals surface area (Å²) in [5, 5.41) is 4.25. The Morgan fingerprint density at radius 2 is 1.81 bits per heavy atom. The number of halogens is 1. The van der Waals surface area contributed by atoms with Gasteiger partial charge in [-0.3, -0.25) is 4.79 Å². The first-order valence-corrected chi connectivity index (χ1v) is 10.2. The molecule has 1 aromatic heterocycles. The number of nitrogens with zero attached hydrogens (tertiary/aromatic N) is 3. The van der Waals surface area contributed by atoms with Crippen LogP contribution in [0, 0.1) is 12.7 Å². The molecular formula is C26H24FN3O. The molecule has 0 fully saturated rings. The average molecular weight is 413 g/mol. The maximum atomic E-state index is 14.1. The minimum absolute atomic E-state index is 0.274. The molecule has 3 aromatic carbocycles. The van der Waals surface area contributed by atoms with E-state index in [0.29, 0.717) is 17.8 Å². The van der Waals surface area contributed by atoms with Gasteiger partial charge in [0.05, 0.1) is 11.4 Å². The fourth-order valence-electron chi connectivity index (χ4n) is 3.78. The molecule has 0 aliphatic carbocycles. The highest BCUT2D eigenvalue weighted by atomic mass is 19.1. The van der Waals surface area contributed by atoms with E-state index in [1.165, 1.54) is 6.07 Å². The Bertz CT molecular complexity index is 1180. The molecule has 4 aromatic rings. The van der Waals surface area contributed by atoms with E-state index in [2.05, 4.69) is 24.2 Å². The van der Waals surface area contributed by atoms with Crippen molar-refractivity contribution >= 4 is 12.0 Å². The zero-order valence-corrected chi connectivity index (χ0v) is 17.6. The van der Waals surface area contributed by atoms with Crippen molar-refractivity contribution in [3.8, 4) is 5.69 Å². The van der Waals surface area contributed by atoms with Gasteiger partial charge in [-0.05, 0) is 72.0 Å². The minimum Gasteiger partial charge on any atom is -0.368 e. The Kier molecular flexibility index (Phi) is 5.94. The van der Waals surface area contributed by atoms with Gasteiger partial charge in [-0.25, -0.2) is 9.07 Å². The van der Waals surface area contributed by atoms with Crippen molar-refractivity contribution in [2.75, 3.05) is 11.9 Å². The first-order chi connectivity index (χ1) is 15.0. The third-order valence-electron chi connectivity index (χ3n) is 5.50. The van der Waals surface area contributed by atoms with Crippen molar-refractivity contribution in [2.24, 2.45) is 0 Å². The SMILES string of the molecule is Cc1cc(CN(C)c2ccccc2F)c(C=O)cc1Cc1ccc(-n2cccn2)cc1. The third-order valence-corrected chi connectivity index (χ3v) is 5.50. The summed E-state index contributed by atoms with van der Waals surface area (Å²) in [5.41, 5.74) is 6.41. The van der Waals surface area contributed by atoms with Crippen molar-refractivity contribution in [3.05, 3.63) is 113 Å². The molecular weight excluding hydrogens is 389 g/mol. The van der Waals surface area contributed by atoms with Gasteiger partial charge in [0.15, 0.2) is 0 Å². The molecule has 1 heterocycles. The zero-order valence-electron chi connectivity index (χ0n) is 17.6. The number of carbonyl (C=O) groups is 1. The molecule has 5 heteroatoms. The van der Waals surface area contributed by atoms with Crippen LogP contribution in [0.3, 0.4) is 0 Å². The third kappa shape index (κ3) is 4.56. The highest BCUT2D eigenvalue weighted by molar-refractivity contribution is 5.78. The first kappa shape index (κ1) is 20.5. The fourth-order valence-corrected chi connectivity index (χ4v) is 3.78. The second kappa shape index (κ2) is 8.96. The van der Waals surface area contributed by atoms with E-state index >= 15 is 0 Å². The summed E-state index contributed by atoms with van der Waals surface area (Å²) in [5.74, 6) is -0.274. The van der Waals surface area contributed by atoms with Crippen LogP contribution >= 0.6 is 0 Å². The van der Waals surface area contributed by atoms with Gasteiger partial charge in [-0.2, -0.15) is 5.10 Å². The molecule has 0 spiro atoms. The maximum Gasteiger partial charge on any atom is 0.150 e. The molecule has 0 saturated carbocycles. The van der Waals surface area contributed by atoms with Crippen molar-refractivity contribution in [1.29, 1.82) is 0 Å². The zero-order chi connectivity index (χ0) is 21.8. The van der Waals surface area contributed by atoms with Crippen LogP contribution < -0.4 is 4.90 Å². The molecule has 0 aliphatic heterocycles. The van der Waals surface area contributed by atoms with Crippen LogP contribution in [0.1, 0.15) is 32.6 Å². The summed E-state index contributed by atoms with van der Waals surface area (Å²) in [6, 6.07) is 20.8. The second-order valence-corrected chi connectivity index (χ2v) is 7.70. The van der Waals surface area contributed by atoms with E-state index in [1.54, 1.807) is 18.3 Å². The molecule has 0 bridgehead atoms. The predicted octanol–water partition coefficient (Wildman–Crippen LogP) is 5.36. The Labute approximate surface area is 181 Å². The van der Waals surface area contributed by atoms with Gasteiger partial charge in [-0.15, -0.1) is 0 Å². The van der Waals surface area contributed by atoms with E-state index in [0.717, 1.165) is 40.6 Å². The number of anilines is 1. The molecule has 0 radical (unpaired) electrons. The lowest BCUT2D eigenvalue weighted by Gasteiger charge is -2.22. The molecule has 156 valence electrons. The monoisotopic (exact) mass is 413 g/mol. The second-order valence-electron chi connectivity index (χ2n) is 7.70. The van der Waals surface area contributed by atoms with Gasteiger partial charge < -0.3 is 4.90 Å². The first-order valence-electron chi connectivity index (χ1n) is 10.2. The van der Waals surface area contributed by atoms with Crippen LogP contribution in [0.15, 0.2) is 79.1 Å². The molecule has 0 unspecified atom stereocenters. The number of aldehydes is 1. The van der Waals surface area contributed by atoms with Crippen LogP contribution in [0.4, 0.5) is 10.1 Å². The Morgan fingerprint density at radius 1 is 1.03 bits per heavy atom. The largest absolute Gasteiger partial charge is 0.368 e. The van der Waals surface area contributed by atoms with Gasteiger partial charge >= 0.3 is 0 Å². The number of aromatic nitrogens is 2. The summed E-state index contributed by atoms with van der Waals surface area (Å²) >= 11 is 0. The number of hydrogen-bond acceptors (Lipinski definition) is 3. The van der Waals surface area contributed by atoms with Gasteiger partial charge in [0, 0.05) is 31.5 Å². The molecule has 0 atom stereocenters. The molecule has 0 saturated heterocycles. The Hall–Kier alpha value is -3.73. The number of carbonyl (C=O) groups excluding carboxylic acids is 1. The van der Waals surface area contributed by atoms with Gasteiger partial charge in [-0.1, -0.05) is 30.3 Å². The maximum absolute atomic E-state index is 14.1. The standard InChI is InChI=1S/C26H24FN3O/c1-19-14-22(17-29(2)26-7-4-3-6-25(26)27)23(18-31)16-21(19)15-20-8-10-24(11-9-20)30-13-5-12-28-30/h3-14,16,18H,15,17H2,1-2H3. The number of para-hydroxylation sites is 1. The lowest BCUT2D eigenvalue weighted by Crippen LogP contribution is -2.19. The Morgan fingerprint density at radius 3 is 2.48 bits per heavy atom. The quantitative estimate of drug-likeness (QED) is 0.383. The summed E-state index contributed by atoms with van der Waals surface area (Å²) in [6.45, 7) is 2.50. The lowest BCUT2D eigenvalue weighted by molar-refractivity contribution is 0.112. The highest BCUT2D eigenvalue weighted by Gasteiger charge is 2.13. The highest BCUT2D eigenvalue weighted by Crippen LogP contribution is 2.24. The topological polar surface area (TPSA) is 38.1 Å². The predicted molar refractivity (Wildman–Crippen MR) is 121 cm³/mol. The van der Waals surface area contributed by atoms with Crippen molar-refractivity contribution in [2.45, 2.75) is 19.9 Å². The molecule has 31 heavy (non-hydrogen) atoms.